The Morgan fingerprint density at radius 2 is 2.16 bits per heavy atom. The molecule has 0 aromatic heterocycles. The second kappa shape index (κ2) is 7.65. The highest BCUT2D eigenvalue weighted by atomic mass is 32.2. The highest BCUT2D eigenvalue weighted by molar-refractivity contribution is 7.85. The van der Waals surface area contributed by atoms with Gasteiger partial charge in [0, 0.05) is 35.4 Å². The standard InChI is InChI=1S/C16H20FN3O3S2/c1-11(24)18-9-13-10-20(16(21)23-13)12-2-3-15(14(17)8-12)19-4-6-25(22)7-5-19/h2-3,8,13H,4-7,9-10H2,1H3,(H,18,24)/t13-/m0/s1. The summed E-state index contributed by atoms with van der Waals surface area (Å²) in [6, 6.07) is 4.73. The lowest BCUT2D eigenvalue weighted by Crippen LogP contribution is -2.38. The first-order chi connectivity index (χ1) is 11.9. The van der Waals surface area contributed by atoms with Gasteiger partial charge >= 0.3 is 6.09 Å². The molecule has 0 spiro atoms. The summed E-state index contributed by atoms with van der Waals surface area (Å²) in [5.41, 5.74) is 0.941. The minimum atomic E-state index is -0.811. The molecule has 0 unspecified atom stereocenters. The lowest BCUT2D eigenvalue weighted by molar-refractivity contribution is 0.143. The minimum Gasteiger partial charge on any atom is -0.442 e. The molecule has 2 saturated heterocycles. The number of halogens is 1. The molecule has 3 rings (SSSR count). The summed E-state index contributed by atoms with van der Waals surface area (Å²) in [7, 11) is -0.811. The zero-order valence-corrected chi connectivity index (χ0v) is 15.5. The maximum absolute atomic E-state index is 14.5. The van der Waals surface area contributed by atoms with Gasteiger partial charge in [-0.3, -0.25) is 9.11 Å². The zero-order valence-electron chi connectivity index (χ0n) is 13.9. The maximum atomic E-state index is 14.5. The molecule has 0 radical (unpaired) electrons. The fraction of sp³-hybridized carbons (Fsp3) is 0.500. The third kappa shape index (κ3) is 4.27. The van der Waals surface area contributed by atoms with Crippen LogP contribution in [0.2, 0.25) is 0 Å². The second-order valence-corrected chi connectivity index (χ2v) is 8.33. The predicted molar refractivity (Wildman–Crippen MR) is 100 cm³/mol. The highest BCUT2D eigenvalue weighted by Crippen LogP contribution is 2.28. The Balaban J connectivity index is 1.69. The first-order valence-corrected chi connectivity index (χ1v) is 9.95. The van der Waals surface area contributed by atoms with E-state index in [0.29, 0.717) is 54.0 Å². The van der Waals surface area contributed by atoms with Crippen LogP contribution in [0, 0.1) is 5.82 Å². The van der Waals surface area contributed by atoms with Crippen molar-refractivity contribution in [2.75, 3.05) is 47.5 Å². The van der Waals surface area contributed by atoms with Crippen LogP contribution in [0.3, 0.4) is 0 Å². The molecule has 0 saturated carbocycles. The summed E-state index contributed by atoms with van der Waals surface area (Å²) in [5, 5.41) is 2.97. The van der Waals surface area contributed by atoms with Gasteiger partial charge in [-0.15, -0.1) is 0 Å². The van der Waals surface area contributed by atoms with Crippen molar-refractivity contribution in [3.8, 4) is 0 Å². The van der Waals surface area contributed by atoms with Crippen LogP contribution in [0.4, 0.5) is 20.6 Å². The average Bonchev–Trinajstić information content (AvgIpc) is 2.95. The van der Waals surface area contributed by atoms with Gasteiger partial charge in [0.05, 0.1) is 29.5 Å². The molecule has 2 aliphatic rings. The minimum absolute atomic E-state index is 0.329. The van der Waals surface area contributed by atoms with E-state index in [1.807, 2.05) is 4.90 Å². The number of hydrogen-bond donors (Lipinski definition) is 1. The van der Waals surface area contributed by atoms with Gasteiger partial charge in [-0.2, -0.15) is 0 Å². The van der Waals surface area contributed by atoms with Crippen LogP contribution in [0.15, 0.2) is 18.2 Å². The number of anilines is 2. The van der Waals surface area contributed by atoms with Crippen molar-refractivity contribution in [1.29, 1.82) is 0 Å². The molecule has 0 aliphatic carbocycles. The van der Waals surface area contributed by atoms with Gasteiger partial charge in [-0.1, -0.05) is 12.2 Å². The van der Waals surface area contributed by atoms with E-state index < -0.39 is 22.7 Å². The molecule has 136 valence electrons. The number of carbonyl (C=O) groups excluding carboxylic acids is 1. The molecule has 1 amide bonds. The van der Waals surface area contributed by atoms with Crippen molar-refractivity contribution in [2.24, 2.45) is 0 Å². The van der Waals surface area contributed by atoms with Crippen LogP contribution in [-0.4, -0.2) is 59.1 Å². The number of cyclic esters (lactones) is 1. The van der Waals surface area contributed by atoms with Gasteiger partial charge in [-0.25, -0.2) is 9.18 Å². The average molecular weight is 385 g/mol. The highest BCUT2D eigenvalue weighted by Gasteiger charge is 2.32. The third-order valence-electron chi connectivity index (χ3n) is 4.21. The van der Waals surface area contributed by atoms with Crippen LogP contribution in [0.25, 0.3) is 0 Å². The second-order valence-electron chi connectivity index (χ2n) is 6.02. The number of benzene rings is 1. The van der Waals surface area contributed by atoms with Crippen LogP contribution < -0.4 is 15.1 Å². The van der Waals surface area contributed by atoms with E-state index in [2.05, 4.69) is 5.32 Å². The van der Waals surface area contributed by atoms with Gasteiger partial charge in [0.25, 0.3) is 0 Å². The number of hydrogen-bond acceptors (Lipinski definition) is 5. The van der Waals surface area contributed by atoms with Crippen molar-refractivity contribution in [1.82, 2.24) is 5.32 Å². The lowest BCUT2D eigenvalue weighted by Gasteiger charge is -2.29. The Morgan fingerprint density at radius 1 is 1.44 bits per heavy atom. The molecule has 6 nitrogen and oxygen atoms in total. The molecular weight excluding hydrogens is 365 g/mol. The Hall–Kier alpha value is -1.74. The number of nitrogens with zero attached hydrogens (tertiary/aromatic N) is 2. The van der Waals surface area contributed by atoms with Crippen molar-refractivity contribution in [2.45, 2.75) is 13.0 Å². The lowest BCUT2D eigenvalue weighted by atomic mass is 10.2. The number of ether oxygens (including phenoxy) is 1. The van der Waals surface area contributed by atoms with E-state index in [9.17, 15) is 13.4 Å². The fourth-order valence-electron chi connectivity index (χ4n) is 2.90. The quantitative estimate of drug-likeness (QED) is 0.796. The number of nitrogens with one attached hydrogen (secondary N) is 1. The molecule has 1 aromatic rings. The van der Waals surface area contributed by atoms with Crippen LogP contribution in [0.5, 0.6) is 0 Å². The zero-order chi connectivity index (χ0) is 18.0. The molecule has 2 fully saturated rings. The first-order valence-electron chi connectivity index (χ1n) is 8.06. The summed E-state index contributed by atoms with van der Waals surface area (Å²) in [5.74, 6) is 0.704. The van der Waals surface area contributed by atoms with Gasteiger partial charge in [0.15, 0.2) is 0 Å². The van der Waals surface area contributed by atoms with E-state index in [1.54, 1.807) is 19.1 Å². The molecule has 1 atom stereocenters. The molecule has 1 aromatic carbocycles. The summed E-state index contributed by atoms with van der Waals surface area (Å²) >= 11 is 4.94. The summed E-state index contributed by atoms with van der Waals surface area (Å²) in [6.07, 6.45) is -0.820. The monoisotopic (exact) mass is 385 g/mol. The van der Waals surface area contributed by atoms with Gasteiger partial charge in [-0.05, 0) is 25.1 Å². The smallest absolute Gasteiger partial charge is 0.414 e. The van der Waals surface area contributed by atoms with E-state index in [0.717, 1.165) is 0 Å². The first kappa shape index (κ1) is 18.1. The maximum Gasteiger partial charge on any atom is 0.414 e. The summed E-state index contributed by atoms with van der Waals surface area (Å²) < 4.78 is 31.2. The third-order valence-corrected chi connectivity index (χ3v) is 5.63. The SMILES string of the molecule is CC(=S)NC[C@H]1CN(c2ccc(N3CCS(=O)CC3)c(F)c2)C(=O)O1. The number of thiocarbonyl (C=S) groups is 1. The topological polar surface area (TPSA) is 61.9 Å². The van der Waals surface area contributed by atoms with Gasteiger partial charge in [0.1, 0.15) is 11.9 Å². The van der Waals surface area contributed by atoms with E-state index in [-0.39, 0.29) is 6.10 Å². The van der Waals surface area contributed by atoms with Gasteiger partial charge < -0.3 is 15.0 Å². The molecule has 2 heterocycles. The summed E-state index contributed by atoms with van der Waals surface area (Å²) in [4.78, 5) is 16.0. The Labute approximate surface area is 153 Å². The Bertz CT molecular complexity index is 706. The van der Waals surface area contributed by atoms with Crippen LogP contribution in [0.1, 0.15) is 6.92 Å². The molecule has 2 aliphatic heterocycles. The summed E-state index contributed by atoms with van der Waals surface area (Å²) in [6.45, 7) is 3.67. The van der Waals surface area contributed by atoms with E-state index >= 15 is 0 Å². The van der Waals surface area contributed by atoms with E-state index in [4.69, 9.17) is 17.0 Å². The molecule has 25 heavy (non-hydrogen) atoms. The van der Waals surface area contributed by atoms with Crippen molar-refractivity contribution < 1.29 is 18.1 Å². The largest absolute Gasteiger partial charge is 0.442 e. The van der Waals surface area contributed by atoms with Crippen molar-refractivity contribution in [3.63, 3.8) is 0 Å². The molecule has 1 N–H and O–H groups in total. The van der Waals surface area contributed by atoms with Crippen molar-refractivity contribution >= 4 is 45.5 Å². The number of amides is 1. The predicted octanol–water partition coefficient (Wildman–Crippen LogP) is 1.66. The Kier molecular flexibility index (Phi) is 5.53. The Morgan fingerprint density at radius 3 is 2.80 bits per heavy atom. The van der Waals surface area contributed by atoms with E-state index in [1.165, 1.54) is 11.0 Å². The number of carbonyl (C=O) groups is 1. The normalized spacial score (nSPS) is 21.4. The number of rotatable bonds is 4. The van der Waals surface area contributed by atoms with Gasteiger partial charge in [0.2, 0.25) is 0 Å². The molecule has 0 bridgehead atoms. The molecule has 9 heteroatoms. The van der Waals surface area contributed by atoms with Crippen LogP contribution >= 0.6 is 12.2 Å². The van der Waals surface area contributed by atoms with Crippen molar-refractivity contribution in [3.05, 3.63) is 24.0 Å². The molecular formula is C16H20FN3O3S2. The van der Waals surface area contributed by atoms with Crippen LogP contribution in [-0.2, 0) is 15.5 Å². The fourth-order valence-corrected chi connectivity index (χ4v) is 4.03.